The first-order valence-corrected chi connectivity index (χ1v) is 5.06. The summed E-state index contributed by atoms with van der Waals surface area (Å²) in [7, 11) is 0. The Bertz CT molecular complexity index is 444. The molecule has 0 amide bonds. The summed E-state index contributed by atoms with van der Waals surface area (Å²) in [4.78, 5) is 0. The van der Waals surface area contributed by atoms with Gasteiger partial charge in [0.05, 0.1) is 5.69 Å². The minimum Gasteiger partial charge on any atom is -0.464 e. The third kappa shape index (κ3) is 1.80. The summed E-state index contributed by atoms with van der Waals surface area (Å²) in [5.41, 5.74) is 7.07. The van der Waals surface area contributed by atoms with Crippen LogP contribution in [0.25, 0.3) is 0 Å². The maximum atomic E-state index is 6.10. The van der Waals surface area contributed by atoms with Crippen molar-refractivity contribution in [2.75, 3.05) is 0 Å². The highest BCUT2D eigenvalue weighted by Gasteiger charge is 2.16. The lowest BCUT2D eigenvalue weighted by molar-refractivity contribution is 0.453. The lowest BCUT2D eigenvalue weighted by atomic mass is 10.2. The predicted octanol–water partition coefficient (Wildman–Crippen LogP) is 1.85. The van der Waals surface area contributed by atoms with Crippen molar-refractivity contribution in [1.29, 1.82) is 0 Å². The molecule has 0 saturated heterocycles. The number of hydrogen-bond acceptors (Lipinski definition) is 3. The molecule has 80 valence electrons. The topological polar surface area (TPSA) is 57.0 Å². The summed E-state index contributed by atoms with van der Waals surface area (Å²) in [6, 6.07) is 5.52. The second-order valence-electron chi connectivity index (χ2n) is 3.50. The minimum absolute atomic E-state index is 0.235. The lowest BCUT2D eigenvalue weighted by Crippen LogP contribution is -2.16. The van der Waals surface area contributed by atoms with Gasteiger partial charge in [-0.1, -0.05) is 0 Å². The zero-order valence-corrected chi connectivity index (χ0v) is 8.97. The largest absolute Gasteiger partial charge is 0.464 e. The molecule has 0 radical (unpaired) electrons. The average molecular weight is 205 g/mol. The van der Waals surface area contributed by atoms with E-state index in [1.807, 2.05) is 36.7 Å². The van der Waals surface area contributed by atoms with Crippen molar-refractivity contribution in [2.45, 2.75) is 26.4 Å². The van der Waals surface area contributed by atoms with E-state index in [0.717, 1.165) is 23.8 Å². The van der Waals surface area contributed by atoms with E-state index in [-0.39, 0.29) is 6.04 Å². The Kier molecular flexibility index (Phi) is 2.60. The van der Waals surface area contributed by atoms with Crippen molar-refractivity contribution in [2.24, 2.45) is 5.73 Å². The molecule has 0 fully saturated rings. The van der Waals surface area contributed by atoms with Crippen LogP contribution in [0.1, 0.15) is 30.2 Å². The first-order chi connectivity index (χ1) is 7.22. The molecule has 4 heteroatoms. The summed E-state index contributed by atoms with van der Waals surface area (Å²) in [6.45, 7) is 4.76. The van der Waals surface area contributed by atoms with Gasteiger partial charge in [-0.05, 0) is 32.0 Å². The van der Waals surface area contributed by atoms with Gasteiger partial charge in [-0.15, -0.1) is 0 Å². The number of rotatable bonds is 3. The van der Waals surface area contributed by atoms with Crippen molar-refractivity contribution >= 4 is 0 Å². The molecular formula is C11H15N3O. The van der Waals surface area contributed by atoms with E-state index in [1.165, 1.54) is 0 Å². The molecule has 0 spiro atoms. The Hall–Kier alpha value is -1.55. The Labute approximate surface area is 88.7 Å². The van der Waals surface area contributed by atoms with E-state index >= 15 is 0 Å². The van der Waals surface area contributed by atoms with Gasteiger partial charge in [-0.25, -0.2) is 0 Å². The third-order valence-corrected chi connectivity index (χ3v) is 2.44. The van der Waals surface area contributed by atoms with Crippen LogP contribution in [0, 0.1) is 6.92 Å². The van der Waals surface area contributed by atoms with Crippen LogP contribution < -0.4 is 5.73 Å². The minimum atomic E-state index is -0.235. The second-order valence-corrected chi connectivity index (χ2v) is 3.50. The quantitative estimate of drug-likeness (QED) is 0.832. The predicted molar refractivity (Wildman–Crippen MR) is 57.4 cm³/mol. The third-order valence-electron chi connectivity index (χ3n) is 2.44. The molecule has 15 heavy (non-hydrogen) atoms. The van der Waals surface area contributed by atoms with Gasteiger partial charge in [0.1, 0.15) is 17.6 Å². The van der Waals surface area contributed by atoms with Crippen molar-refractivity contribution in [3.8, 4) is 0 Å². The van der Waals surface area contributed by atoms with E-state index in [2.05, 4.69) is 5.10 Å². The number of furan rings is 1. The first kappa shape index (κ1) is 9.98. The van der Waals surface area contributed by atoms with Crippen molar-refractivity contribution in [3.63, 3.8) is 0 Å². The molecule has 2 aromatic heterocycles. The monoisotopic (exact) mass is 205 g/mol. The van der Waals surface area contributed by atoms with E-state index < -0.39 is 0 Å². The van der Waals surface area contributed by atoms with Crippen LogP contribution in [0.5, 0.6) is 0 Å². The van der Waals surface area contributed by atoms with Gasteiger partial charge < -0.3 is 10.2 Å². The zero-order valence-electron chi connectivity index (χ0n) is 8.97. The second kappa shape index (κ2) is 3.90. The summed E-state index contributed by atoms with van der Waals surface area (Å²) in [5.74, 6) is 1.66. The van der Waals surface area contributed by atoms with Crippen LogP contribution in [0.2, 0.25) is 0 Å². The SMILES string of the molecule is CCn1nccc1C(N)c1ccc(C)o1. The molecule has 2 heterocycles. The molecule has 0 aliphatic carbocycles. The van der Waals surface area contributed by atoms with Gasteiger partial charge in [-0.2, -0.15) is 5.10 Å². The van der Waals surface area contributed by atoms with Gasteiger partial charge >= 0.3 is 0 Å². The smallest absolute Gasteiger partial charge is 0.126 e. The van der Waals surface area contributed by atoms with Gasteiger partial charge in [-0.3, -0.25) is 4.68 Å². The Morgan fingerprint density at radius 1 is 1.47 bits per heavy atom. The normalized spacial score (nSPS) is 13.0. The molecule has 2 aromatic rings. The van der Waals surface area contributed by atoms with Gasteiger partial charge in [0.15, 0.2) is 0 Å². The van der Waals surface area contributed by atoms with Crippen molar-refractivity contribution in [1.82, 2.24) is 9.78 Å². The van der Waals surface area contributed by atoms with Crippen LogP contribution >= 0.6 is 0 Å². The standard InChI is InChI=1S/C11H15N3O/c1-3-14-9(6-7-13-14)11(12)10-5-4-8(2)15-10/h4-7,11H,3,12H2,1-2H3. The molecule has 1 unspecified atom stereocenters. The molecule has 0 saturated carbocycles. The van der Waals surface area contributed by atoms with Crippen LogP contribution in [0.4, 0.5) is 0 Å². The fourth-order valence-corrected chi connectivity index (χ4v) is 1.64. The molecular weight excluding hydrogens is 190 g/mol. The Balaban J connectivity index is 2.31. The molecule has 2 rings (SSSR count). The maximum absolute atomic E-state index is 6.10. The molecule has 1 atom stereocenters. The first-order valence-electron chi connectivity index (χ1n) is 5.06. The van der Waals surface area contributed by atoms with E-state index in [0.29, 0.717) is 0 Å². The van der Waals surface area contributed by atoms with E-state index in [9.17, 15) is 0 Å². The zero-order chi connectivity index (χ0) is 10.8. The molecule has 0 aliphatic heterocycles. The number of aromatic nitrogens is 2. The summed E-state index contributed by atoms with van der Waals surface area (Å²) < 4.78 is 7.38. The number of aryl methyl sites for hydroxylation is 2. The van der Waals surface area contributed by atoms with Crippen LogP contribution in [-0.4, -0.2) is 9.78 Å². The fraction of sp³-hybridized carbons (Fsp3) is 0.364. The highest BCUT2D eigenvalue weighted by atomic mass is 16.3. The number of nitrogens with two attached hydrogens (primary N) is 1. The molecule has 0 bridgehead atoms. The van der Waals surface area contributed by atoms with E-state index in [1.54, 1.807) is 6.20 Å². The lowest BCUT2D eigenvalue weighted by Gasteiger charge is -2.10. The highest BCUT2D eigenvalue weighted by molar-refractivity contribution is 5.20. The Morgan fingerprint density at radius 2 is 2.27 bits per heavy atom. The van der Waals surface area contributed by atoms with Crippen LogP contribution in [0.3, 0.4) is 0 Å². The van der Waals surface area contributed by atoms with Gasteiger partial charge in [0.2, 0.25) is 0 Å². The number of nitrogens with zero attached hydrogens (tertiary/aromatic N) is 2. The van der Waals surface area contributed by atoms with Gasteiger partial charge in [0.25, 0.3) is 0 Å². The highest BCUT2D eigenvalue weighted by Crippen LogP contribution is 2.21. The maximum Gasteiger partial charge on any atom is 0.126 e. The number of hydrogen-bond donors (Lipinski definition) is 1. The molecule has 2 N–H and O–H groups in total. The molecule has 0 aromatic carbocycles. The molecule has 0 aliphatic rings. The molecule has 4 nitrogen and oxygen atoms in total. The van der Waals surface area contributed by atoms with Crippen LogP contribution in [0.15, 0.2) is 28.8 Å². The average Bonchev–Trinajstić information content (AvgIpc) is 2.84. The van der Waals surface area contributed by atoms with Crippen molar-refractivity contribution < 1.29 is 4.42 Å². The summed E-state index contributed by atoms with van der Waals surface area (Å²) in [6.07, 6.45) is 1.76. The fourth-order valence-electron chi connectivity index (χ4n) is 1.64. The van der Waals surface area contributed by atoms with Crippen molar-refractivity contribution in [3.05, 3.63) is 41.6 Å². The van der Waals surface area contributed by atoms with Gasteiger partial charge in [0, 0.05) is 12.7 Å². The van der Waals surface area contributed by atoms with Crippen LogP contribution in [-0.2, 0) is 6.54 Å². The summed E-state index contributed by atoms with van der Waals surface area (Å²) >= 11 is 0. The summed E-state index contributed by atoms with van der Waals surface area (Å²) in [5, 5.41) is 4.18. The Morgan fingerprint density at radius 3 is 2.87 bits per heavy atom. The van der Waals surface area contributed by atoms with E-state index in [4.69, 9.17) is 10.2 Å².